The van der Waals surface area contributed by atoms with Gasteiger partial charge in [0.25, 0.3) is 0 Å². The minimum Gasteiger partial charge on any atom is -0.481 e. The molecule has 6 N–H and O–H groups in total. The number of hydrogen-bond donors (Lipinski definition) is 6. The molecule has 11 heteroatoms. The second kappa shape index (κ2) is 8.09. The molecule has 0 aliphatic heterocycles. The van der Waals surface area contributed by atoms with Crippen molar-refractivity contribution in [2.24, 2.45) is 10.8 Å². The molecule has 0 bridgehead atoms. The molecule has 37 heavy (non-hydrogen) atoms. The van der Waals surface area contributed by atoms with Crippen LogP contribution in [0.25, 0.3) is 0 Å². The van der Waals surface area contributed by atoms with E-state index in [1.54, 1.807) is 0 Å². The molecule has 0 heterocycles. The lowest BCUT2D eigenvalue weighted by atomic mass is 9.46. The quantitative estimate of drug-likeness (QED) is 0.289. The van der Waals surface area contributed by atoms with Gasteiger partial charge in [-0.05, 0) is 82.1 Å². The number of methoxy groups -OCH3 is 2. The number of ether oxygens (including phenoxy) is 3. The van der Waals surface area contributed by atoms with E-state index in [0.29, 0.717) is 0 Å². The van der Waals surface area contributed by atoms with Crippen LogP contribution in [0, 0.1) is 10.8 Å². The van der Waals surface area contributed by atoms with Gasteiger partial charge < -0.3 is 44.8 Å². The van der Waals surface area contributed by atoms with E-state index in [2.05, 4.69) is 0 Å². The lowest BCUT2D eigenvalue weighted by Gasteiger charge is -2.71. The Morgan fingerprint density at radius 1 is 0.541 bits per heavy atom. The van der Waals surface area contributed by atoms with Crippen molar-refractivity contribution in [3.05, 3.63) is 0 Å². The van der Waals surface area contributed by atoms with Gasteiger partial charge in [-0.1, -0.05) is 0 Å². The molecule has 0 aromatic carbocycles. The maximum absolute atomic E-state index is 12.9. The molecule has 11 nitrogen and oxygen atoms in total. The van der Waals surface area contributed by atoms with Gasteiger partial charge in [-0.3, -0.25) is 9.59 Å². The van der Waals surface area contributed by atoms with Crippen LogP contribution in [0.15, 0.2) is 0 Å². The van der Waals surface area contributed by atoms with E-state index in [0.717, 1.165) is 0 Å². The summed E-state index contributed by atoms with van der Waals surface area (Å²) in [6.45, 7) is 13.2. The zero-order valence-electron chi connectivity index (χ0n) is 24.1. The maximum atomic E-state index is 12.9. The highest BCUT2D eigenvalue weighted by Crippen LogP contribution is 2.65. The van der Waals surface area contributed by atoms with Crippen LogP contribution < -0.4 is 0 Å². The topological polar surface area (TPSA) is 183 Å². The van der Waals surface area contributed by atoms with E-state index in [1.807, 2.05) is 0 Å². The highest BCUT2D eigenvalue weighted by atomic mass is 16.6. The molecule has 216 valence electrons. The van der Waals surface area contributed by atoms with Crippen LogP contribution >= 0.6 is 0 Å². The molecular weight excluding hydrogens is 488 g/mol. The number of rotatable bonds is 6. The summed E-state index contributed by atoms with van der Waals surface area (Å²) in [5.41, 5.74) is -20.3. The Morgan fingerprint density at radius 3 is 1.22 bits per heavy atom. The Bertz CT molecular complexity index is 974. The average Bonchev–Trinajstić information content (AvgIpc) is 2.75. The smallest absolute Gasteiger partial charge is 0.312 e. The van der Waals surface area contributed by atoms with Crippen molar-refractivity contribution in [3.63, 3.8) is 0 Å². The fourth-order valence-electron chi connectivity index (χ4n) is 7.12. The van der Waals surface area contributed by atoms with E-state index >= 15 is 0 Å². The minimum atomic E-state index is -2.34. The van der Waals surface area contributed by atoms with Gasteiger partial charge in [0.05, 0.1) is 22.0 Å². The Hall–Kier alpha value is -1.34. The van der Waals surface area contributed by atoms with Crippen LogP contribution in [0.1, 0.15) is 82.1 Å². The van der Waals surface area contributed by atoms with Crippen molar-refractivity contribution >= 4 is 11.9 Å². The third-order valence-corrected chi connectivity index (χ3v) is 11.5. The predicted octanol–water partition coefficient (Wildman–Crippen LogP) is 1.32. The number of carboxylic acid groups (broad SMARTS) is 2. The van der Waals surface area contributed by atoms with Crippen LogP contribution in [0.4, 0.5) is 0 Å². The Morgan fingerprint density at radius 2 is 0.865 bits per heavy atom. The molecular formula is C26H46O11. The lowest BCUT2D eigenvalue weighted by Crippen LogP contribution is -2.87. The number of aliphatic carboxylic acids is 2. The summed E-state index contributed by atoms with van der Waals surface area (Å²) in [6, 6.07) is 0. The van der Waals surface area contributed by atoms with Crippen molar-refractivity contribution in [1.82, 2.24) is 0 Å². The van der Waals surface area contributed by atoms with E-state index in [4.69, 9.17) is 14.2 Å². The fourth-order valence-corrected chi connectivity index (χ4v) is 7.12. The molecule has 2 aliphatic rings. The van der Waals surface area contributed by atoms with Gasteiger partial charge in [0.15, 0.2) is 0 Å². The SMILES string of the molecule is CO[C@]1(C)CC(C)(C(=O)O)[C@@](C)(O[C@]2(C)CC(C)(C(=O)O)[C@@](C)(OC)[C@](C)(O)C2(C)O)[C@@](C)(O)C1(C)O. The van der Waals surface area contributed by atoms with Gasteiger partial charge >= 0.3 is 11.9 Å². The first-order valence-electron chi connectivity index (χ1n) is 12.3. The Kier molecular flexibility index (Phi) is 6.97. The molecule has 0 aromatic heterocycles. The van der Waals surface area contributed by atoms with Crippen LogP contribution in [0.3, 0.4) is 0 Å². The van der Waals surface area contributed by atoms with Crippen LogP contribution in [0.5, 0.6) is 0 Å². The summed E-state index contributed by atoms with van der Waals surface area (Å²) in [5, 5.41) is 68.2. The molecule has 2 aliphatic carbocycles. The molecule has 0 spiro atoms. The second-order valence-electron chi connectivity index (χ2n) is 13.0. The van der Waals surface area contributed by atoms with E-state index in [-0.39, 0.29) is 6.42 Å². The van der Waals surface area contributed by atoms with Gasteiger partial charge in [0.1, 0.15) is 33.6 Å². The molecule has 0 amide bonds. The van der Waals surface area contributed by atoms with Crippen LogP contribution in [0.2, 0.25) is 0 Å². The predicted molar refractivity (Wildman–Crippen MR) is 132 cm³/mol. The van der Waals surface area contributed by atoms with E-state index in [9.17, 15) is 40.2 Å². The van der Waals surface area contributed by atoms with Crippen molar-refractivity contribution in [3.8, 4) is 0 Å². The largest absolute Gasteiger partial charge is 0.481 e. The van der Waals surface area contributed by atoms with Crippen molar-refractivity contribution in [2.45, 2.75) is 127 Å². The van der Waals surface area contributed by atoms with Crippen molar-refractivity contribution in [1.29, 1.82) is 0 Å². The molecule has 2 rings (SSSR count). The first-order valence-corrected chi connectivity index (χ1v) is 12.3. The Labute approximate surface area is 218 Å². The number of aliphatic hydroxyl groups is 4. The third-order valence-electron chi connectivity index (χ3n) is 11.5. The van der Waals surface area contributed by atoms with Gasteiger partial charge in [0.2, 0.25) is 0 Å². The molecule has 0 saturated heterocycles. The standard InChI is InChI=1S/C26H46O11/c1-17(15(27)28)14-20(4,22(6,32)23(7,33)25(17,9)36-12)37-26(10)18(2,16(29)30)13-19(3,35-11)21(5,31)24(26,8)34/h31-34H,13-14H2,1-12H3,(H,27,28)(H,29,30)/t17?,18?,19-,20-,21?,22?,23-,24+,25-,26-/m1/s1. The van der Waals surface area contributed by atoms with E-state index < -0.39 is 74.0 Å². The summed E-state index contributed by atoms with van der Waals surface area (Å²) in [6.07, 6.45) is -0.764. The molecule has 2 fully saturated rings. The van der Waals surface area contributed by atoms with Crippen molar-refractivity contribution < 1.29 is 54.4 Å². The third kappa shape index (κ3) is 3.25. The monoisotopic (exact) mass is 534 g/mol. The van der Waals surface area contributed by atoms with Gasteiger partial charge in [-0.15, -0.1) is 0 Å². The zero-order valence-corrected chi connectivity index (χ0v) is 24.1. The number of carbonyl (C=O) groups is 2. The highest BCUT2D eigenvalue weighted by Gasteiger charge is 2.81. The van der Waals surface area contributed by atoms with Gasteiger partial charge in [-0.2, -0.15) is 0 Å². The summed E-state index contributed by atoms with van der Waals surface area (Å²) < 4.78 is 17.6. The number of carboxylic acids is 2. The lowest BCUT2D eigenvalue weighted by molar-refractivity contribution is -0.414. The fraction of sp³-hybridized carbons (Fsp3) is 0.923. The highest BCUT2D eigenvalue weighted by molar-refractivity contribution is 5.78. The number of hydrogen-bond acceptors (Lipinski definition) is 9. The molecule has 4 unspecified atom stereocenters. The normalized spacial score (nSPS) is 56.6. The molecule has 0 radical (unpaired) electrons. The first kappa shape index (κ1) is 31.9. The van der Waals surface area contributed by atoms with Crippen LogP contribution in [-0.4, -0.2) is 102 Å². The average molecular weight is 535 g/mol. The Balaban J connectivity index is 2.94. The summed E-state index contributed by atoms with van der Waals surface area (Å²) in [4.78, 5) is 25.5. The zero-order chi connectivity index (χ0) is 29.7. The van der Waals surface area contributed by atoms with E-state index in [1.165, 1.54) is 83.5 Å². The van der Waals surface area contributed by atoms with Crippen LogP contribution in [-0.2, 0) is 23.8 Å². The maximum Gasteiger partial charge on any atom is 0.312 e. The van der Waals surface area contributed by atoms with Crippen molar-refractivity contribution in [2.75, 3.05) is 14.2 Å². The summed E-state index contributed by atoms with van der Waals surface area (Å²) in [7, 11) is 2.53. The first-order chi connectivity index (χ1) is 16.1. The molecule has 10 atom stereocenters. The summed E-state index contributed by atoms with van der Waals surface area (Å²) >= 11 is 0. The van der Waals surface area contributed by atoms with Gasteiger partial charge in [-0.25, -0.2) is 0 Å². The molecule has 2 saturated carbocycles. The second-order valence-corrected chi connectivity index (χ2v) is 13.0. The minimum absolute atomic E-state index is 0.313. The summed E-state index contributed by atoms with van der Waals surface area (Å²) in [5.74, 6) is -2.72. The van der Waals surface area contributed by atoms with Gasteiger partial charge in [0, 0.05) is 14.2 Å². The molecule has 0 aromatic rings.